The smallest absolute Gasteiger partial charge is 0.319 e. The van der Waals surface area contributed by atoms with Crippen LogP contribution >= 0.6 is 0 Å². The van der Waals surface area contributed by atoms with E-state index in [4.69, 9.17) is 0 Å². The van der Waals surface area contributed by atoms with Gasteiger partial charge in [-0.15, -0.1) is 0 Å². The average molecular weight is 248 g/mol. The van der Waals surface area contributed by atoms with Gasteiger partial charge in [-0.25, -0.2) is 4.79 Å². The molecule has 0 unspecified atom stereocenters. The van der Waals surface area contributed by atoms with E-state index in [0.717, 1.165) is 51.9 Å². The van der Waals surface area contributed by atoms with Crippen molar-refractivity contribution in [3.05, 3.63) is 0 Å². The Balaban J connectivity index is 0. The minimum atomic E-state index is 0. The van der Waals surface area contributed by atoms with Gasteiger partial charge in [-0.2, -0.15) is 0 Å². The lowest BCUT2D eigenvalue weighted by molar-refractivity contribution is 0.152. The van der Waals surface area contributed by atoms with Gasteiger partial charge in [0, 0.05) is 26.2 Å². The van der Waals surface area contributed by atoms with Crippen LogP contribution in [0.1, 0.15) is 53.4 Å². The Morgan fingerprint density at radius 3 is 1.12 bits per heavy atom. The summed E-state index contributed by atoms with van der Waals surface area (Å²) in [7, 11) is 0. The third kappa shape index (κ3) is 7.18. The van der Waals surface area contributed by atoms with Gasteiger partial charge in [0.05, 0.1) is 0 Å². The highest BCUT2D eigenvalue weighted by Crippen LogP contribution is 2.04. The zero-order chi connectivity index (χ0) is 12.4. The summed E-state index contributed by atoms with van der Waals surface area (Å²) in [6.45, 7) is 12.0. The van der Waals surface area contributed by atoms with E-state index in [1.54, 1.807) is 0 Å². The predicted molar refractivity (Wildman–Crippen MR) is 72.2 cm³/mol. The van der Waals surface area contributed by atoms with E-state index in [0.29, 0.717) is 0 Å². The van der Waals surface area contributed by atoms with E-state index in [1.165, 1.54) is 0 Å². The van der Waals surface area contributed by atoms with Gasteiger partial charge < -0.3 is 9.80 Å². The van der Waals surface area contributed by atoms with Crippen LogP contribution in [0.5, 0.6) is 0 Å². The van der Waals surface area contributed by atoms with Gasteiger partial charge >= 0.3 is 6.03 Å². The zero-order valence-electron chi connectivity index (χ0n) is 11.9. The van der Waals surface area contributed by atoms with Gasteiger partial charge in [0.25, 0.3) is 0 Å². The second-order valence-corrected chi connectivity index (χ2v) is 4.26. The van der Waals surface area contributed by atoms with Crippen LogP contribution in [0.15, 0.2) is 0 Å². The Kier molecular flexibility index (Phi) is 12.8. The Morgan fingerprint density at radius 1 is 0.706 bits per heavy atom. The maximum Gasteiger partial charge on any atom is 0.319 e. The summed E-state index contributed by atoms with van der Waals surface area (Å²) in [5, 5.41) is 0. The third-order valence-electron chi connectivity index (χ3n) is 2.52. The van der Waals surface area contributed by atoms with Crippen molar-refractivity contribution in [1.29, 1.82) is 0 Å². The Hall–Kier alpha value is -0.800. The molecule has 0 spiro atoms. The van der Waals surface area contributed by atoms with Crippen molar-refractivity contribution in [3.63, 3.8) is 0 Å². The molecule has 0 radical (unpaired) electrons. The zero-order valence-corrected chi connectivity index (χ0v) is 11.9. The van der Waals surface area contributed by atoms with Gasteiger partial charge in [0.2, 0.25) is 0 Å². The molecule has 0 aliphatic heterocycles. The number of rotatable bonds is 8. The molecule has 2 amide bonds. The molecule has 3 nitrogen and oxygen atoms in total. The van der Waals surface area contributed by atoms with Gasteiger partial charge in [-0.3, -0.25) is 4.70 Å². The van der Waals surface area contributed by atoms with Crippen molar-refractivity contribution in [3.8, 4) is 0 Å². The quantitative estimate of drug-likeness (QED) is 0.645. The first-order valence-corrected chi connectivity index (χ1v) is 6.74. The summed E-state index contributed by atoms with van der Waals surface area (Å²) in [5.74, 6) is 0. The molecule has 0 aliphatic rings. The molecule has 0 bridgehead atoms. The Bertz CT molecular complexity index is 158. The molecular formula is C13H29FN2O. The van der Waals surface area contributed by atoms with Gasteiger partial charge in [0.15, 0.2) is 0 Å². The maximum absolute atomic E-state index is 12.3. The van der Waals surface area contributed by atoms with Crippen molar-refractivity contribution in [2.24, 2.45) is 0 Å². The summed E-state index contributed by atoms with van der Waals surface area (Å²) in [6.07, 6.45) is 4.16. The highest BCUT2D eigenvalue weighted by atomic mass is 19.0. The summed E-state index contributed by atoms with van der Waals surface area (Å²) >= 11 is 0. The molecule has 0 saturated carbocycles. The lowest BCUT2D eigenvalue weighted by atomic mass is 10.3. The van der Waals surface area contributed by atoms with Gasteiger partial charge in [-0.1, -0.05) is 27.7 Å². The molecule has 0 aromatic heterocycles. The molecular weight excluding hydrogens is 219 g/mol. The molecule has 4 heteroatoms. The standard InChI is InChI=1S/C13H28N2O.FH/c1-5-9-14(10-6-2)13(16)15(11-7-3)12-8-4;/h5-12H2,1-4H3;1H. The fraction of sp³-hybridized carbons (Fsp3) is 0.923. The first-order valence-electron chi connectivity index (χ1n) is 6.74. The lowest BCUT2D eigenvalue weighted by Gasteiger charge is -2.30. The normalized spacial score (nSPS) is 9.65. The fourth-order valence-electron chi connectivity index (χ4n) is 1.89. The van der Waals surface area contributed by atoms with E-state index in [-0.39, 0.29) is 10.7 Å². The van der Waals surface area contributed by atoms with E-state index in [1.807, 2.05) is 9.80 Å². The van der Waals surface area contributed by atoms with Crippen molar-refractivity contribution in [2.45, 2.75) is 53.4 Å². The molecule has 0 saturated heterocycles. The molecule has 104 valence electrons. The first-order chi connectivity index (χ1) is 7.71. The highest BCUT2D eigenvalue weighted by molar-refractivity contribution is 5.74. The number of hydrogen-bond acceptors (Lipinski definition) is 1. The predicted octanol–water partition coefficient (Wildman–Crippen LogP) is 3.50. The first kappa shape index (κ1) is 18.6. The molecule has 17 heavy (non-hydrogen) atoms. The highest BCUT2D eigenvalue weighted by Gasteiger charge is 2.17. The Labute approximate surface area is 106 Å². The van der Waals surface area contributed by atoms with E-state index < -0.39 is 0 Å². The maximum atomic E-state index is 12.3. The molecule has 0 aromatic carbocycles. The Morgan fingerprint density at radius 2 is 0.941 bits per heavy atom. The van der Waals surface area contributed by atoms with Crippen LogP contribution in [0.4, 0.5) is 9.50 Å². The number of carbonyl (C=O) groups excluding carboxylic acids is 1. The molecule has 0 heterocycles. The summed E-state index contributed by atoms with van der Waals surface area (Å²) in [6, 6.07) is 0.229. The van der Waals surface area contributed by atoms with Gasteiger partial charge in [0.1, 0.15) is 0 Å². The van der Waals surface area contributed by atoms with Crippen LogP contribution in [-0.2, 0) is 0 Å². The van der Waals surface area contributed by atoms with E-state index in [2.05, 4.69) is 27.7 Å². The molecule has 0 aromatic rings. The number of carbonyl (C=O) groups is 1. The fourth-order valence-corrected chi connectivity index (χ4v) is 1.89. The SMILES string of the molecule is CCCN(CCC)C(=O)N(CCC)CCC.F. The molecule has 0 N–H and O–H groups in total. The van der Waals surface area contributed by atoms with Crippen LogP contribution in [-0.4, -0.2) is 42.0 Å². The second-order valence-electron chi connectivity index (χ2n) is 4.26. The number of halogens is 1. The molecule has 0 rings (SSSR count). The van der Waals surface area contributed by atoms with Crippen molar-refractivity contribution in [2.75, 3.05) is 26.2 Å². The van der Waals surface area contributed by atoms with Crippen molar-refractivity contribution < 1.29 is 9.50 Å². The summed E-state index contributed by atoms with van der Waals surface area (Å²) in [4.78, 5) is 16.2. The molecule has 0 fully saturated rings. The molecule has 0 atom stereocenters. The largest absolute Gasteiger partial charge is 0.325 e. The van der Waals surface area contributed by atoms with Gasteiger partial charge in [-0.05, 0) is 25.7 Å². The lowest BCUT2D eigenvalue weighted by Crippen LogP contribution is -2.44. The third-order valence-corrected chi connectivity index (χ3v) is 2.52. The topological polar surface area (TPSA) is 23.6 Å². The average Bonchev–Trinajstić information content (AvgIpc) is 2.27. The minimum Gasteiger partial charge on any atom is -0.325 e. The van der Waals surface area contributed by atoms with Crippen LogP contribution in [0.3, 0.4) is 0 Å². The molecule has 0 aliphatic carbocycles. The number of nitrogens with zero attached hydrogens (tertiary/aromatic N) is 2. The summed E-state index contributed by atoms with van der Waals surface area (Å²) < 4.78 is 0. The van der Waals surface area contributed by atoms with Crippen LogP contribution in [0.2, 0.25) is 0 Å². The van der Waals surface area contributed by atoms with Crippen molar-refractivity contribution >= 4 is 6.03 Å². The number of hydrogen-bond donors (Lipinski definition) is 0. The van der Waals surface area contributed by atoms with Crippen LogP contribution in [0.25, 0.3) is 0 Å². The van der Waals surface area contributed by atoms with Crippen molar-refractivity contribution in [1.82, 2.24) is 9.80 Å². The second kappa shape index (κ2) is 11.7. The minimum absolute atomic E-state index is 0. The number of urea groups is 1. The number of amides is 2. The van der Waals surface area contributed by atoms with Crippen LogP contribution < -0.4 is 0 Å². The van der Waals surface area contributed by atoms with E-state index in [9.17, 15) is 4.79 Å². The summed E-state index contributed by atoms with van der Waals surface area (Å²) in [5.41, 5.74) is 0. The monoisotopic (exact) mass is 248 g/mol. The van der Waals surface area contributed by atoms with Crippen LogP contribution in [0, 0.1) is 0 Å². The van der Waals surface area contributed by atoms with E-state index >= 15 is 0 Å².